The number of ether oxygens (including phenoxy) is 3. The molecule has 1 aromatic rings. The van der Waals surface area contributed by atoms with E-state index in [2.05, 4.69) is 9.68 Å². The minimum absolute atomic E-state index is 0.0176. The van der Waals surface area contributed by atoms with Gasteiger partial charge in [0.05, 0.1) is 23.9 Å². The van der Waals surface area contributed by atoms with Crippen LogP contribution in [-0.2, 0) is 33.9 Å². The van der Waals surface area contributed by atoms with E-state index in [1.807, 2.05) is 0 Å². The van der Waals surface area contributed by atoms with Crippen molar-refractivity contribution in [1.82, 2.24) is 4.90 Å². The normalized spacial score (nSPS) is 17.9. The van der Waals surface area contributed by atoms with Crippen molar-refractivity contribution in [2.45, 2.75) is 79.2 Å². The predicted octanol–water partition coefficient (Wildman–Crippen LogP) is 3.27. The zero-order valence-corrected chi connectivity index (χ0v) is 24.9. The minimum atomic E-state index is -3.37. The molecule has 1 saturated heterocycles. The smallest absolute Gasteiger partial charge is 0.418 e. The Kier molecular flexibility index (Phi) is 9.74. The molecule has 13 nitrogen and oxygen atoms in total. The van der Waals surface area contributed by atoms with Crippen LogP contribution in [0.5, 0.6) is 5.75 Å². The monoisotopic (exact) mass is 583 g/mol. The van der Waals surface area contributed by atoms with Crippen molar-refractivity contribution in [1.29, 1.82) is 0 Å². The van der Waals surface area contributed by atoms with Crippen molar-refractivity contribution >= 4 is 45.4 Å². The quantitative estimate of drug-likeness (QED) is 0.307. The van der Waals surface area contributed by atoms with Gasteiger partial charge in [-0.3, -0.25) is 14.4 Å². The van der Waals surface area contributed by atoms with Gasteiger partial charge in [0.1, 0.15) is 11.9 Å². The molecular formula is C26H37N3O10S. The van der Waals surface area contributed by atoms with Gasteiger partial charge in [0.2, 0.25) is 0 Å². The average Bonchev–Trinajstić information content (AvgIpc) is 2.99. The lowest BCUT2D eigenvalue weighted by Gasteiger charge is -2.29. The number of cyclic esters (lactones) is 1. The number of benzene rings is 1. The van der Waals surface area contributed by atoms with Crippen LogP contribution in [-0.4, -0.2) is 80.0 Å². The van der Waals surface area contributed by atoms with E-state index < -0.39 is 62.8 Å². The van der Waals surface area contributed by atoms with Gasteiger partial charge in [0.15, 0.2) is 27.4 Å². The van der Waals surface area contributed by atoms with E-state index in [-0.39, 0.29) is 29.6 Å². The van der Waals surface area contributed by atoms with E-state index in [0.29, 0.717) is 4.90 Å². The third-order valence-electron chi connectivity index (χ3n) is 5.48. The Bertz CT molecular complexity index is 1310. The number of hydrogen-bond donors (Lipinski definition) is 2. The molecule has 0 aliphatic carbocycles. The van der Waals surface area contributed by atoms with Gasteiger partial charge in [-0.05, 0) is 52.8 Å². The number of nitrogens with one attached hydrogen (secondary N) is 1. The molecule has 1 aliphatic heterocycles. The summed E-state index contributed by atoms with van der Waals surface area (Å²) in [6.45, 7) is 12.1. The first-order chi connectivity index (χ1) is 18.1. The van der Waals surface area contributed by atoms with Crippen molar-refractivity contribution in [3.05, 3.63) is 23.8 Å². The topological polar surface area (TPSA) is 178 Å². The van der Waals surface area contributed by atoms with Crippen LogP contribution < -0.4 is 10.1 Å². The van der Waals surface area contributed by atoms with Gasteiger partial charge in [-0.2, -0.15) is 0 Å². The molecule has 1 fully saturated rings. The van der Waals surface area contributed by atoms with E-state index in [0.717, 1.165) is 6.26 Å². The van der Waals surface area contributed by atoms with E-state index in [9.17, 15) is 32.7 Å². The average molecular weight is 584 g/mol. The molecule has 0 spiro atoms. The summed E-state index contributed by atoms with van der Waals surface area (Å²) in [4.78, 5) is 65.8. The summed E-state index contributed by atoms with van der Waals surface area (Å²) in [5, 5.41) is 2.52. The molecule has 2 rings (SSSR count). The van der Waals surface area contributed by atoms with E-state index in [4.69, 9.17) is 14.2 Å². The molecule has 3 unspecified atom stereocenters. The third-order valence-corrected chi connectivity index (χ3v) is 6.11. The fourth-order valence-electron chi connectivity index (χ4n) is 3.51. The zero-order chi connectivity index (χ0) is 30.8. The maximum atomic E-state index is 13.6. The van der Waals surface area contributed by atoms with Gasteiger partial charge < -0.3 is 24.1 Å². The van der Waals surface area contributed by atoms with Crippen LogP contribution in [0.1, 0.15) is 65.7 Å². The second-order valence-electron chi connectivity index (χ2n) is 11.2. The number of imide groups is 1. The summed E-state index contributed by atoms with van der Waals surface area (Å²) in [6, 6.07) is 2.18. The highest BCUT2D eigenvalue weighted by atomic mass is 32.2. The van der Waals surface area contributed by atoms with Gasteiger partial charge in [0.25, 0.3) is 11.8 Å². The Labute approximate surface area is 233 Å². The van der Waals surface area contributed by atoms with Gasteiger partial charge in [-0.1, -0.05) is 20.8 Å². The molecule has 3 atom stereocenters. The molecule has 40 heavy (non-hydrogen) atoms. The number of amides is 3. The predicted molar refractivity (Wildman–Crippen MR) is 145 cm³/mol. The molecule has 1 heterocycles. The summed E-state index contributed by atoms with van der Waals surface area (Å²) < 4.78 is 40.4. The number of esters is 1. The van der Waals surface area contributed by atoms with Crippen molar-refractivity contribution in [3.63, 3.8) is 0 Å². The molecule has 1 aromatic carbocycles. The zero-order valence-electron chi connectivity index (χ0n) is 24.1. The van der Waals surface area contributed by atoms with Gasteiger partial charge >= 0.3 is 12.1 Å². The van der Waals surface area contributed by atoms with Crippen molar-refractivity contribution in [2.24, 2.45) is 9.78 Å². The van der Waals surface area contributed by atoms with E-state index >= 15 is 0 Å². The first-order valence-electron chi connectivity index (χ1n) is 12.5. The highest BCUT2D eigenvalue weighted by Crippen LogP contribution is 2.32. The molecule has 0 aromatic heterocycles. The number of Topliss-reactive ketones (excluding diaryl/α,β-unsaturated/α-hetero) is 1. The molecule has 222 valence electrons. The number of ketones is 1. The molecular weight excluding hydrogens is 546 g/mol. The summed E-state index contributed by atoms with van der Waals surface area (Å²) in [5.74, 6) is -3.27. The maximum absolute atomic E-state index is 13.6. The number of hydrogen-bond acceptors (Lipinski definition) is 10. The van der Waals surface area contributed by atoms with Gasteiger partial charge in [0, 0.05) is 11.7 Å². The summed E-state index contributed by atoms with van der Waals surface area (Å²) in [7, 11) is -3.37. The Hall–Kier alpha value is -3.52. The Balaban J connectivity index is 2.47. The van der Waals surface area contributed by atoms with Crippen LogP contribution in [0.15, 0.2) is 22.6 Å². The SMILES string of the molecule is CC(C)Oc1ccc(C(=O)OC(C)CN=S(C)(=O)O)cc1NC(=O)C(C(=O)C(C)(C)C)N1C(=O)OC(C)(C)C1=O. The van der Waals surface area contributed by atoms with Crippen LogP contribution in [0.3, 0.4) is 0 Å². The van der Waals surface area contributed by atoms with Crippen LogP contribution in [0.4, 0.5) is 10.5 Å². The standard InChI is InChI=1S/C26H37N3O10S/c1-14(2)37-18-11-10-16(22(32)38-15(3)13-27-40(9,35)36)12-17(18)28-21(31)19(20(30)25(4,5)6)29-23(33)26(7,8)39-24(29)34/h10-12,14-15,19H,13H2,1-9H3,(H,28,31)(H,27,35,36). The summed E-state index contributed by atoms with van der Waals surface area (Å²) >= 11 is 0. The lowest BCUT2D eigenvalue weighted by atomic mass is 9.85. The third kappa shape index (κ3) is 8.24. The fourth-order valence-corrected chi connectivity index (χ4v) is 4.00. The first-order valence-corrected chi connectivity index (χ1v) is 14.4. The number of carbonyl (C=O) groups is 5. The Morgan fingerprint density at radius 2 is 1.77 bits per heavy atom. The van der Waals surface area contributed by atoms with Crippen LogP contribution in [0.2, 0.25) is 0 Å². The highest BCUT2D eigenvalue weighted by molar-refractivity contribution is 7.87. The molecule has 2 N–H and O–H groups in total. The van der Waals surface area contributed by atoms with Crippen LogP contribution in [0, 0.1) is 5.41 Å². The van der Waals surface area contributed by atoms with Crippen LogP contribution in [0.25, 0.3) is 0 Å². The Morgan fingerprint density at radius 3 is 2.25 bits per heavy atom. The number of nitrogens with zero attached hydrogens (tertiary/aromatic N) is 2. The van der Waals surface area contributed by atoms with Gasteiger partial charge in [-0.25, -0.2) is 23.1 Å². The number of rotatable bonds is 10. The van der Waals surface area contributed by atoms with Crippen LogP contribution >= 0.6 is 0 Å². The molecule has 14 heteroatoms. The molecule has 1 aliphatic rings. The maximum Gasteiger partial charge on any atom is 0.418 e. The molecule has 3 amide bonds. The molecule has 0 radical (unpaired) electrons. The van der Waals surface area contributed by atoms with Crippen molar-refractivity contribution in [3.8, 4) is 5.75 Å². The lowest BCUT2D eigenvalue weighted by Crippen LogP contribution is -2.55. The molecule has 0 saturated carbocycles. The second-order valence-corrected chi connectivity index (χ2v) is 13.0. The van der Waals surface area contributed by atoms with Crippen molar-refractivity contribution in [2.75, 3.05) is 18.1 Å². The first kappa shape index (κ1) is 32.7. The number of anilines is 1. The Morgan fingerprint density at radius 1 is 1.18 bits per heavy atom. The lowest BCUT2D eigenvalue weighted by molar-refractivity contribution is -0.145. The van der Waals surface area contributed by atoms with E-state index in [1.54, 1.807) is 13.8 Å². The minimum Gasteiger partial charge on any atom is -0.489 e. The highest BCUT2D eigenvalue weighted by Gasteiger charge is 2.55. The molecule has 0 bridgehead atoms. The number of carbonyl (C=O) groups excluding carboxylic acids is 5. The van der Waals surface area contributed by atoms with E-state index in [1.165, 1.54) is 59.7 Å². The second kappa shape index (κ2) is 11.9. The summed E-state index contributed by atoms with van der Waals surface area (Å²) in [5.41, 5.74) is -2.75. The fraction of sp³-hybridized carbons (Fsp3) is 0.577. The van der Waals surface area contributed by atoms with Gasteiger partial charge in [-0.15, -0.1) is 0 Å². The largest absolute Gasteiger partial charge is 0.489 e. The van der Waals surface area contributed by atoms with Crippen molar-refractivity contribution < 1.29 is 46.9 Å². The summed E-state index contributed by atoms with van der Waals surface area (Å²) in [6.07, 6.45) is -1.30.